The van der Waals surface area contributed by atoms with Crippen LogP contribution < -0.4 is 9.47 Å². The minimum atomic E-state index is 0.631. The second-order valence-corrected chi connectivity index (χ2v) is 15.6. The summed E-state index contributed by atoms with van der Waals surface area (Å²) in [6.07, 6.45) is 28.2. The molecule has 2 aromatic carbocycles. The molecule has 6 aromatic rings. The maximum Gasteiger partial charge on any atom is 0.136 e. The van der Waals surface area contributed by atoms with Gasteiger partial charge in [0, 0.05) is 30.1 Å². The van der Waals surface area contributed by atoms with E-state index in [9.17, 15) is 0 Å². The highest BCUT2D eigenvalue weighted by Crippen LogP contribution is 2.31. The van der Waals surface area contributed by atoms with Gasteiger partial charge in [-0.2, -0.15) is 0 Å². The second-order valence-electron chi connectivity index (χ2n) is 14.7. The largest absolute Gasteiger partial charge is 0.492 e. The van der Waals surface area contributed by atoms with Gasteiger partial charge in [0.05, 0.1) is 52.0 Å². The van der Waals surface area contributed by atoms with Gasteiger partial charge in [0.25, 0.3) is 0 Å². The zero-order valence-electron chi connectivity index (χ0n) is 34.6. The van der Waals surface area contributed by atoms with Crippen LogP contribution in [0.15, 0.2) is 109 Å². The molecule has 0 amide bonds. The normalized spacial score (nSPS) is 10.9. The van der Waals surface area contributed by atoms with Gasteiger partial charge in [-0.05, 0) is 83.3 Å². The van der Waals surface area contributed by atoms with Gasteiger partial charge in [-0.1, -0.05) is 138 Å². The van der Waals surface area contributed by atoms with E-state index in [4.69, 9.17) is 20.9 Å². The number of unbranched alkanes of at least 4 members (excludes halogenated alkanes) is 10. The first-order valence-corrected chi connectivity index (χ1v) is 22.2. The van der Waals surface area contributed by atoms with Crippen LogP contribution in [-0.2, 0) is 0 Å². The highest BCUT2D eigenvalue weighted by molar-refractivity contribution is 7.10. The first-order valence-electron chi connectivity index (χ1n) is 21.3. The molecule has 0 spiro atoms. The molecular weight excluding hydrogens is 743 g/mol. The van der Waals surface area contributed by atoms with Crippen molar-refractivity contribution >= 4 is 23.5 Å². The topological polar surface area (TPSA) is 57.1 Å². The molecule has 0 bridgehead atoms. The predicted molar refractivity (Wildman–Crippen MR) is 247 cm³/mol. The standard InChI is InChI=1S/C53H55N3O2S/c1-4-7-9-11-13-19-34-57-51-40-45(52(39-42(51)6-3)58-35-20-14-12-10-8-5-2)29-30-53-44(31-36-59-53)28-25-41-23-26-43(27-24-41)46-37-49(47-21-15-17-32-54-47)56-50(38-46)48-22-16-18-33-55-48/h3,15-18,21-28,31-33,36-40H,4-5,7-14,19-20,34-35H2,1-2H3/b28-25+. The molecule has 0 saturated heterocycles. The summed E-state index contributed by atoms with van der Waals surface area (Å²) >= 11 is 1.63. The van der Waals surface area contributed by atoms with Gasteiger partial charge in [-0.15, -0.1) is 17.8 Å². The van der Waals surface area contributed by atoms with Gasteiger partial charge in [0.15, 0.2) is 0 Å². The molecule has 300 valence electrons. The fourth-order valence-electron chi connectivity index (χ4n) is 6.78. The predicted octanol–water partition coefficient (Wildman–Crippen LogP) is 14.0. The molecule has 0 aliphatic carbocycles. The van der Waals surface area contributed by atoms with Crippen LogP contribution in [-0.4, -0.2) is 28.2 Å². The molecule has 5 nitrogen and oxygen atoms in total. The number of hydrogen-bond acceptors (Lipinski definition) is 6. The maximum atomic E-state index is 6.35. The van der Waals surface area contributed by atoms with Crippen molar-refractivity contribution in [2.24, 2.45) is 0 Å². The second kappa shape index (κ2) is 23.5. The summed E-state index contributed by atoms with van der Waals surface area (Å²) in [5, 5.41) is 2.08. The number of aromatic nitrogens is 3. The van der Waals surface area contributed by atoms with E-state index in [1.807, 2.05) is 48.5 Å². The van der Waals surface area contributed by atoms with Crippen molar-refractivity contribution in [2.45, 2.75) is 90.9 Å². The number of hydrogen-bond donors (Lipinski definition) is 0. The lowest BCUT2D eigenvalue weighted by atomic mass is 10.0. The Labute approximate surface area is 356 Å². The van der Waals surface area contributed by atoms with E-state index in [1.54, 1.807) is 23.7 Å². The fraction of sp³-hybridized carbons (Fsp3) is 0.302. The van der Waals surface area contributed by atoms with Gasteiger partial charge >= 0.3 is 0 Å². The molecule has 0 aliphatic heterocycles. The van der Waals surface area contributed by atoms with Crippen molar-refractivity contribution in [1.82, 2.24) is 15.0 Å². The van der Waals surface area contributed by atoms with Crippen LogP contribution in [0.2, 0.25) is 0 Å². The summed E-state index contributed by atoms with van der Waals surface area (Å²) in [5.41, 5.74) is 9.03. The number of terminal acetylenes is 1. The molecule has 4 heterocycles. The average molecular weight is 798 g/mol. The Balaban J connectivity index is 1.19. The van der Waals surface area contributed by atoms with E-state index in [0.29, 0.717) is 30.3 Å². The molecule has 0 atom stereocenters. The van der Waals surface area contributed by atoms with Crippen molar-refractivity contribution in [3.05, 3.63) is 136 Å². The molecule has 0 aliphatic rings. The van der Waals surface area contributed by atoms with E-state index >= 15 is 0 Å². The minimum absolute atomic E-state index is 0.631. The van der Waals surface area contributed by atoms with Gasteiger partial charge in [-0.25, -0.2) is 4.98 Å². The summed E-state index contributed by atoms with van der Waals surface area (Å²) in [4.78, 5) is 15.0. The van der Waals surface area contributed by atoms with Crippen molar-refractivity contribution < 1.29 is 9.47 Å². The highest BCUT2D eigenvalue weighted by atomic mass is 32.1. The van der Waals surface area contributed by atoms with Crippen molar-refractivity contribution in [2.75, 3.05) is 13.2 Å². The van der Waals surface area contributed by atoms with Gasteiger partial charge in [0.2, 0.25) is 0 Å². The quantitative estimate of drug-likeness (QED) is 0.0536. The molecule has 4 aromatic heterocycles. The zero-order chi connectivity index (χ0) is 40.9. The van der Waals surface area contributed by atoms with Crippen molar-refractivity contribution in [3.8, 4) is 69.6 Å². The number of thiophene rings is 1. The Morgan fingerprint density at radius 1 is 0.576 bits per heavy atom. The van der Waals surface area contributed by atoms with E-state index in [0.717, 1.165) is 81.2 Å². The van der Waals surface area contributed by atoms with Gasteiger partial charge < -0.3 is 9.47 Å². The first-order chi connectivity index (χ1) is 29.1. The summed E-state index contributed by atoms with van der Waals surface area (Å²) in [7, 11) is 0. The smallest absolute Gasteiger partial charge is 0.136 e. The van der Waals surface area contributed by atoms with Gasteiger partial charge in [0.1, 0.15) is 11.5 Å². The lowest BCUT2D eigenvalue weighted by Gasteiger charge is -2.14. The SMILES string of the molecule is C#Cc1cc(OCCCCCCCC)c(C#Cc2sccc2/C=C/c2ccc(-c3cc(-c4ccccn4)nc(-c4ccccn4)c3)cc2)cc1OCCCCCCCC. The molecule has 0 unspecified atom stereocenters. The first kappa shape index (κ1) is 42.7. The van der Waals surface area contributed by atoms with E-state index in [1.165, 1.54) is 51.4 Å². The van der Waals surface area contributed by atoms with Gasteiger partial charge in [-0.3, -0.25) is 9.97 Å². The zero-order valence-corrected chi connectivity index (χ0v) is 35.4. The van der Waals surface area contributed by atoms with E-state index in [2.05, 4.69) is 102 Å². The summed E-state index contributed by atoms with van der Waals surface area (Å²) in [5.74, 6) is 11.1. The summed E-state index contributed by atoms with van der Waals surface area (Å²) in [6, 6.07) is 30.5. The number of pyridine rings is 3. The fourth-order valence-corrected chi connectivity index (χ4v) is 7.51. The molecule has 0 N–H and O–H groups in total. The molecule has 59 heavy (non-hydrogen) atoms. The third-order valence-electron chi connectivity index (χ3n) is 10.1. The number of benzene rings is 2. The lowest BCUT2D eigenvalue weighted by molar-refractivity contribution is 0.295. The van der Waals surface area contributed by atoms with Crippen LogP contribution in [0.1, 0.15) is 118 Å². The monoisotopic (exact) mass is 797 g/mol. The minimum Gasteiger partial charge on any atom is -0.492 e. The van der Waals surface area contributed by atoms with Crippen molar-refractivity contribution in [1.29, 1.82) is 0 Å². The highest BCUT2D eigenvalue weighted by Gasteiger charge is 2.13. The van der Waals surface area contributed by atoms with Crippen LogP contribution >= 0.6 is 11.3 Å². The van der Waals surface area contributed by atoms with Crippen LogP contribution in [0, 0.1) is 24.2 Å². The Hall–Kier alpha value is -5.95. The summed E-state index contributed by atoms with van der Waals surface area (Å²) < 4.78 is 12.6. The van der Waals surface area contributed by atoms with Crippen molar-refractivity contribution in [3.63, 3.8) is 0 Å². The van der Waals surface area contributed by atoms with Crippen LogP contribution in [0.25, 0.3) is 46.1 Å². The van der Waals surface area contributed by atoms with Crippen LogP contribution in [0.3, 0.4) is 0 Å². The molecular formula is C53H55N3O2S. The van der Waals surface area contributed by atoms with Crippen LogP contribution in [0.5, 0.6) is 11.5 Å². The molecule has 0 saturated carbocycles. The van der Waals surface area contributed by atoms with E-state index in [-0.39, 0.29) is 0 Å². The molecule has 6 rings (SSSR count). The Bertz CT molecular complexity index is 2270. The lowest BCUT2D eigenvalue weighted by Crippen LogP contribution is -2.03. The summed E-state index contributed by atoms with van der Waals surface area (Å²) in [6.45, 7) is 5.75. The Morgan fingerprint density at radius 3 is 1.73 bits per heavy atom. The number of rotatable bonds is 21. The maximum absolute atomic E-state index is 6.35. The van der Waals surface area contributed by atoms with E-state index < -0.39 is 0 Å². The third kappa shape index (κ3) is 13.0. The van der Waals surface area contributed by atoms with Crippen LogP contribution in [0.4, 0.5) is 0 Å². The molecule has 0 fully saturated rings. The molecule has 6 heteroatoms. The number of ether oxygens (including phenoxy) is 2. The third-order valence-corrected chi connectivity index (χ3v) is 11.0. The molecule has 0 radical (unpaired) electrons. The number of nitrogens with zero attached hydrogens (tertiary/aromatic N) is 3. The Kier molecular flexibility index (Phi) is 17.0. The average Bonchev–Trinajstić information content (AvgIpc) is 3.75. The Morgan fingerprint density at radius 2 is 1.15 bits per heavy atom.